The van der Waals surface area contributed by atoms with Crippen molar-refractivity contribution in [1.29, 1.82) is 0 Å². The molecule has 0 aromatic heterocycles. The fraction of sp³-hybridized carbons (Fsp3) is 0.412. The molecule has 0 aliphatic carbocycles. The number of ether oxygens (including phenoxy) is 2. The smallest absolute Gasteiger partial charge is 0.275 e. The molecule has 5 nitrogen and oxygen atoms in total. The van der Waals surface area contributed by atoms with Crippen LogP contribution in [0.15, 0.2) is 22.8 Å². The number of methoxy groups -OCH3 is 2. The number of amidine groups is 1. The van der Waals surface area contributed by atoms with Crippen LogP contribution in [0.1, 0.15) is 31.4 Å². The summed E-state index contributed by atoms with van der Waals surface area (Å²) in [6.45, 7) is 6.12. The lowest BCUT2D eigenvalue weighted by Gasteiger charge is -2.10. The number of aryl methyl sites for hydroxylation is 1. The van der Waals surface area contributed by atoms with Crippen molar-refractivity contribution in [3.63, 3.8) is 0 Å². The Kier molecular flexibility index (Phi) is 4.85. The number of nitrogens with one attached hydrogen (secondary N) is 1. The molecule has 22 heavy (non-hydrogen) atoms. The van der Waals surface area contributed by atoms with Gasteiger partial charge >= 0.3 is 0 Å². The van der Waals surface area contributed by atoms with Gasteiger partial charge in [-0.05, 0) is 36.6 Å². The van der Waals surface area contributed by atoms with Gasteiger partial charge in [-0.3, -0.25) is 4.79 Å². The normalized spacial score (nSPS) is 16.0. The zero-order valence-electron chi connectivity index (χ0n) is 13.7. The number of hydrogen-bond acceptors (Lipinski definition) is 4. The van der Waals surface area contributed by atoms with Gasteiger partial charge in [0.1, 0.15) is 23.0 Å². The zero-order chi connectivity index (χ0) is 16.3. The largest absolute Gasteiger partial charge is 0.496 e. The van der Waals surface area contributed by atoms with E-state index in [0.29, 0.717) is 23.2 Å². The highest BCUT2D eigenvalue weighted by Crippen LogP contribution is 2.30. The molecule has 1 aromatic rings. The standard InChI is InChI=1S/C17H22N2O3/c1-10(2)6-16-18-13(17(20)19-16)8-12-9-14(21-4)11(3)7-15(12)22-5/h7-10H,6H2,1-5H3,(H,18,19,20)/b13-8+. The molecule has 0 bridgehead atoms. The molecule has 1 amide bonds. The highest BCUT2D eigenvalue weighted by molar-refractivity contribution is 6.14. The van der Waals surface area contributed by atoms with Gasteiger partial charge in [0, 0.05) is 12.0 Å². The number of nitrogens with zero attached hydrogens (tertiary/aromatic N) is 1. The van der Waals surface area contributed by atoms with E-state index < -0.39 is 0 Å². The highest BCUT2D eigenvalue weighted by Gasteiger charge is 2.21. The van der Waals surface area contributed by atoms with E-state index in [4.69, 9.17) is 9.47 Å². The first kappa shape index (κ1) is 16.1. The lowest BCUT2D eigenvalue weighted by atomic mass is 10.1. The van der Waals surface area contributed by atoms with Crippen molar-refractivity contribution in [2.45, 2.75) is 27.2 Å². The average molecular weight is 302 g/mol. The van der Waals surface area contributed by atoms with Gasteiger partial charge in [0.15, 0.2) is 0 Å². The van der Waals surface area contributed by atoms with Crippen LogP contribution >= 0.6 is 0 Å². The van der Waals surface area contributed by atoms with Crippen LogP contribution in [-0.4, -0.2) is 26.0 Å². The topological polar surface area (TPSA) is 59.9 Å². The molecule has 0 atom stereocenters. The predicted octanol–water partition coefficient (Wildman–Crippen LogP) is 2.93. The summed E-state index contributed by atoms with van der Waals surface area (Å²) in [5.41, 5.74) is 2.13. The maximum absolute atomic E-state index is 12.0. The molecule has 0 saturated carbocycles. The minimum Gasteiger partial charge on any atom is -0.496 e. The molecule has 5 heteroatoms. The molecular weight excluding hydrogens is 280 g/mol. The summed E-state index contributed by atoms with van der Waals surface area (Å²) >= 11 is 0. The van der Waals surface area contributed by atoms with E-state index in [2.05, 4.69) is 24.2 Å². The molecule has 0 saturated heterocycles. The van der Waals surface area contributed by atoms with Gasteiger partial charge in [0.25, 0.3) is 5.91 Å². The Balaban J connectivity index is 2.39. The second-order valence-electron chi connectivity index (χ2n) is 5.70. The van der Waals surface area contributed by atoms with Crippen LogP contribution < -0.4 is 14.8 Å². The molecule has 1 aliphatic rings. The molecule has 0 spiro atoms. The summed E-state index contributed by atoms with van der Waals surface area (Å²) in [6.07, 6.45) is 2.47. The predicted molar refractivity (Wildman–Crippen MR) is 87.3 cm³/mol. The molecule has 1 N–H and O–H groups in total. The lowest BCUT2D eigenvalue weighted by molar-refractivity contribution is -0.115. The summed E-state index contributed by atoms with van der Waals surface area (Å²) in [6, 6.07) is 3.74. The SMILES string of the molecule is COc1cc(/C=C2/N=C(CC(C)C)NC2=O)c(OC)cc1C. The fourth-order valence-corrected chi connectivity index (χ4v) is 2.33. The Morgan fingerprint density at radius 2 is 1.91 bits per heavy atom. The molecule has 0 radical (unpaired) electrons. The second kappa shape index (κ2) is 6.64. The monoisotopic (exact) mass is 302 g/mol. The molecule has 1 aromatic carbocycles. The number of carbonyl (C=O) groups excluding carboxylic acids is 1. The molecule has 0 unspecified atom stereocenters. The Hall–Kier alpha value is -2.30. The molecule has 1 heterocycles. The Bertz CT molecular complexity index is 646. The van der Waals surface area contributed by atoms with Crippen molar-refractivity contribution in [3.05, 3.63) is 29.0 Å². The second-order valence-corrected chi connectivity index (χ2v) is 5.70. The third-order valence-electron chi connectivity index (χ3n) is 3.39. The van der Waals surface area contributed by atoms with Gasteiger partial charge in [-0.25, -0.2) is 4.99 Å². The van der Waals surface area contributed by atoms with E-state index in [1.807, 2.05) is 19.1 Å². The summed E-state index contributed by atoms with van der Waals surface area (Å²) < 4.78 is 10.7. The van der Waals surface area contributed by atoms with Gasteiger partial charge in [-0.2, -0.15) is 0 Å². The number of rotatable bonds is 5. The van der Waals surface area contributed by atoms with E-state index >= 15 is 0 Å². The molecule has 2 rings (SSSR count). The Morgan fingerprint density at radius 1 is 1.23 bits per heavy atom. The van der Waals surface area contributed by atoms with E-state index in [1.165, 1.54) is 0 Å². The van der Waals surface area contributed by atoms with Crippen molar-refractivity contribution >= 4 is 17.8 Å². The van der Waals surface area contributed by atoms with Crippen molar-refractivity contribution in [3.8, 4) is 11.5 Å². The Labute approximate surface area is 131 Å². The van der Waals surface area contributed by atoms with Crippen LogP contribution in [0.2, 0.25) is 0 Å². The number of benzene rings is 1. The number of aliphatic imine (C=N–C) groups is 1. The van der Waals surface area contributed by atoms with Crippen molar-refractivity contribution in [2.24, 2.45) is 10.9 Å². The van der Waals surface area contributed by atoms with Crippen LogP contribution in [0, 0.1) is 12.8 Å². The van der Waals surface area contributed by atoms with Gasteiger partial charge < -0.3 is 14.8 Å². The number of carbonyl (C=O) groups is 1. The summed E-state index contributed by atoms with van der Waals surface area (Å²) in [5.74, 6) is 2.40. The van der Waals surface area contributed by atoms with Crippen molar-refractivity contribution < 1.29 is 14.3 Å². The highest BCUT2D eigenvalue weighted by atomic mass is 16.5. The van der Waals surface area contributed by atoms with Crippen molar-refractivity contribution in [1.82, 2.24) is 5.32 Å². The summed E-state index contributed by atoms with van der Waals surface area (Å²) in [7, 11) is 3.22. The third kappa shape index (κ3) is 3.47. The van der Waals surface area contributed by atoms with Crippen LogP contribution in [-0.2, 0) is 4.79 Å². The quantitative estimate of drug-likeness (QED) is 0.851. The lowest BCUT2D eigenvalue weighted by Crippen LogP contribution is -2.24. The first-order valence-corrected chi connectivity index (χ1v) is 7.27. The summed E-state index contributed by atoms with van der Waals surface area (Å²) in [4.78, 5) is 16.4. The van der Waals surface area contributed by atoms with Crippen molar-refractivity contribution in [2.75, 3.05) is 14.2 Å². The minimum atomic E-state index is -0.183. The zero-order valence-corrected chi connectivity index (χ0v) is 13.7. The minimum absolute atomic E-state index is 0.183. The van der Waals surface area contributed by atoms with E-state index in [-0.39, 0.29) is 5.91 Å². The maximum atomic E-state index is 12.0. The van der Waals surface area contributed by atoms with Crippen LogP contribution in [0.4, 0.5) is 0 Å². The average Bonchev–Trinajstić information content (AvgIpc) is 2.79. The van der Waals surface area contributed by atoms with Crippen LogP contribution in [0.25, 0.3) is 6.08 Å². The van der Waals surface area contributed by atoms with Gasteiger partial charge in [0.2, 0.25) is 0 Å². The van der Waals surface area contributed by atoms with Gasteiger partial charge in [-0.1, -0.05) is 13.8 Å². The van der Waals surface area contributed by atoms with Crippen LogP contribution in [0.5, 0.6) is 11.5 Å². The van der Waals surface area contributed by atoms with E-state index in [1.54, 1.807) is 20.3 Å². The Morgan fingerprint density at radius 3 is 2.50 bits per heavy atom. The fourth-order valence-electron chi connectivity index (χ4n) is 2.33. The number of hydrogen-bond donors (Lipinski definition) is 1. The molecule has 118 valence electrons. The van der Waals surface area contributed by atoms with E-state index in [9.17, 15) is 4.79 Å². The molecule has 1 aliphatic heterocycles. The van der Waals surface area contributed by atoms with Crippen LogP contribution in [0.3, 0.4) is 0 Å². The maximum Gasteiger partial charge on any atom is 0.275 e. The molecule has 0 fully saturated rings. The summed E-state index contributed by atoms with van der Waals surface area (Å²) in [5, 5.41) is 2.80. The first-order chi connectivity index (χ1) is 10.4. The molecular formula is C17H22N2O3. The van der Waals surface area contributed by atoms with Gasteiger partial charge in [-0.15, -0.1) is 0 Å². The third-order valence-corrected chi connectivity index (χ3v) is 3.39. The number of amides is 1. The first-order valence-electron chi connectivity index (χ1n) is 7.27. The van der Waals surface area contributed by atoms with Gasteiger partial charge in [0.05, 0.1) is 14.2 Å². The van der Waals surface area contributed by atoms with E-state index in [0.717, 1.165) is 23.3 Å².